The Hall–Kier alpha value is -1.49. The van der Waals surface area contributed by atoms with Gasteiger partial charge in [0.1, 0.15) is 0 Å². The third kappa shape index (κ3) is 1.65. The minimum atomic E-state index is -1.20. The number of aldehydes is 1. The summed E-state index contributed by atoms with van der Waals surface area (Å²) in [7, 11) is 0. The lowest BCUT2D eigenvalue weighted by atomic mass is 10.2. The molecule has 0 N–H and O–H groups in total. The van der Waals surface area contributed by atoms with Gasteiger partial charge in [0.25, 0.3) is 0 Å². The molecule has 1 aromatic rings. The van der Waals surface area contributed by atoms with Crippen molar-refractivity contribution in [2.45, 2.75) is 0 Å². The molecule has 0 bridgehead atoms. The van der Waals surface area contributed by atoms with Crippen LogP contribution in [0.1, 0.15) is 10.4 Å². The van der Waals surface area contributed by atoms with Crippen molar-refractivity contribution < 1.29 is 14.1 Å². The van der Waals surface area contributed by atoms with Crippen LogP contribution in [0.4, 0.5) is 10.1 Å². The van der Waals surface area contributed by atoms with Gasteiger partial charge in [-0.3, -0.25) is 14.9 Å². The van der Waals surface area contributed by atoms with E-state index in [2.05, 4.69) is 0 Å². The molecule has 0 atom stereocenters. The number of nitro benzene ring substituents is 1. The Balaban J connectivity index is 3.44. The minimum absolute atomic E-state index is 0.141. The highest BCUT2D eigenvalue weighted by Gasteiger charge is 2.19. The normalized spacial score (nSPS) is 9.69. The Bertz CT molecular complexity index is 380. The molecule has 1 aromatic carbocycles. The third-order valence-corrected chi connectivity index (χ3v) is 1.75. The van der Waals surface area contributed by atoms with Crippen LogP contribution in [0.25, 0.3) is 0 Å². The molecule has 1 rings (SSSR count). The number of benzene rings is 1. The second-order valence-corrected chi connectivity index (χ2v) is 2.58. The fraction of sp³-hybridized carbons (Fsp3) is 0. The van der Waals surface area contributed by atoms with Crippen molar-refractivity contribution >= 4 is 23.6 Å². The van der Waals surface area contributed by atoms with E-state index in [4.69, 9.17) is 11.6 Å². The van der Waals surface area contributed by atoms with Gasteiger partial charge >= 0.3 is 5.69 Å². The SMILES string of the molecule is O=Cc1c(Cl)ccc([N+](=O)[O-])c1F. The predicted octanol–water partition coefficient (Wildman–Crippen LogP) is 2.20. The van der Waals surface area contributed by atoms with Crippen molar-refractivity contribution in [2.24, 2.45) is 0 Å². The molecule has 0 heterocycles. The van der Waals surface area contributed by atoms with Crippen LogP contribution in [-0.2, 0) is 0 Å². The second-order valence-electron chi connectivity index (χ2n) is 2.17. The van der Waals surface area contributed by atoms with Gasteiger partial charge in [0.05, 0.1) is 15.5 Å². The third-order valence-electron chi connectivity index (χ3n) is 1.42. The van der Waals surface area contributed by atoms with Crippen molar-refractivity contribution in [2.75, 3.05) is 0 Å². The average molecular weight is 204 g/mol. The van der Waals surface area contributed by atoms with Crippen molar-refractivity contribution in [3.8, 4) is 0 Å². The molecular formula is C7H3ClFNO3. The molecule has 4 nitrogen and oxygen atoms in total. The van der Waals surface area contributed by atoms with E-state index in [9.17, 15) is 19.3 Å². The molecule has 6 heteroatoms. The van der Waals surface area contributed by atoms with Crippen molar-refractivity contribution in [3.05, 3.63) is 38.7 Å². The fourth-order valence-corrected chi connectivity index (χ4v) is 0.997. The number of rotatable bonds is 2. The molecule has 0 aromatic heterocycles. The van der Waals surface area contributed by atoms with E-state index in [1.807, 2.05) is 0 Å². The lowest BCUT2D eigenvalue weighted by Gasteiger charge is -1.98. The molecule has 0 saturated carbocycles. The molecule has 13 heavy (non-hydrogen) atoms. The molecule has 68 valence electrons. The Kier molecular flexibility index (Phi) is 2.57. The van der Waals surface area contributed by atoms with Crippen LogP contribution in [0, 0.1) is 15.9 Å². The van der Waals surface area contributed by atoms with E-state index in [1.165, 1.54) is 0 Å². The summed E-state index contributed by atoms with van der Waals surface area (Å²) in [5.41, 5.74) is -1.25. The van der Waals surface area contributed by atoms with Crippen LogP contribution in [0.5, 0.6) is 0 Å². The number of nitrogens with zero attached hydrogens (tertiary/aromatic N) is 1. The minimum Gasteiger partial charge on any atom is -0.298 e. The summed E-state index contributed by atoms with van der Waals surface area (Å²) in [5, 5.41) is 10.1. The Morgan fingerprint density at radius 2 is 2.15 bits per heavy atom. The van der Waals surface area contributed by atoms with Crippen molar-refractivity contribution in [1.82, 2.24) is 0 Å². The summed E-state index contributed by atoms with van der Waals surface area (Å²) in [6, 6.07) is 2.01. The van der Waals surface area contributed by atoms with Crippen LogP contribution < -0.4 is 0 Å². The van der Waals surface area contributed by atoms with Crippen LogP contribution >= 0.6 is 11.6 Å². The fourth-order valence-electron chi connectivity index (χ4n) is 0.807. The average Bonchev–Trinajstić information content (AvgIpc) is 2.04. The Labute approximate surface area is 77.1 Å². The number of carbonyl (C=O) groups excluding carboxylic acids is 1. The molecule has 0 aliphatic carbocycles. The van der Waals surface area contributed by atoms with Gasteiger partial charge in [0.2, 0.25) is 5.82 Å². The molecule has 0 saturated heterocycles. The van der Waals surface area contributed by atoms with Crippen molar-refractivity contribution in [3.63, 3.8) is 0 Å². The second kappa shape index (κ2) is 3.49. The summed E-state index contributed by atoms with van der Waals surface area (Å²) in [4.78, 5) is 19.6. The Morgan fingerprint density at radius 1 is 1.54 bits per heavy atom. The van der Waals surface area contributed by atoms with Crippen molar-refractivity contribution in [1.29, 1.82) is 0 Å². The first kappa shape index (κ1) is 9.60. The van der Waals surface area contributed by atoms with Gasteiger partial charge in [-0.05, 0) is 6.07 Å². The number of hydrogen-bond acceptors (Lipinski definition) is 3. The predicted molar refractivity (Wildman–Crippen MR) is 43.5 cm³/mol. The first-order chi connectivity index (χ1) is 6.07. The van der Waals surface area contributed by atoms with Gasteiger partial charge in [-0.15, -0.1) is 0 Å². The molecule has 0 amide bonds. The van der Waals surface area contributed by atoms with Crippen LogP contribution in [-0.4, -0.2) is 11.2 Å². The topological polar surface area (TPSA) is 60.2 Å². The first-order valence-corrected chi connectivity index (χ1v) is 3.53. The maximum Gasteiger partial charge on any atom is 0.305 e. The maximum atomic E-state index is 13.0. The van der Waals surface area contributed by atoms with E-state index >= 15 is 0 Å². The lowest BCUT2D eigenvalue weighted by Crippen LogP contribution is -1.97. The molecule has 0 unspecified atom stereocenters. The molecule has 0 spiro atoms. The summed E-state index contributed by atoms with van der Waals surface area (Å²) in [6.45, 7) is 0. The van der Waals surface area contributed by atoms with E-state index in [0.717, 1.165) is 12.1 Å². The zero-order valence-electron chi connectivity index (χ0n) is 6.16. The Morgan fingerprint density at radius 3 is 2.62 bits per heavy atom. The maximum absolute atomic E-state index is 13.0. The monoisotopic (exact) mass is 203 g/mol. The standard InChI is InChI=1S/C7H3ClFNO3/c8-5-1-2-6(10(12)13)7(9)4(5)3-11/h1-3H. The van der Waals surface area contributed by atoms with Crippen LogP contribution in [0.2, 0.25) is 5.02 Å². The van der Waals surface area contributed by atoms with Gasteiger partial charge in [0.15, 0.2) is 6.29 Å². The number of hydrogen-bond donors (Lipinski definition) is 0. The number of nitro groups is 1. The van der Waals surface area contributed by atoms with E-state index in [1.54, 1.807) is 0 Å². The van der Waals surface area contributed by atoms with Gasteiger partial charge in [0, 0.05) is 6.07 Å². The zero-order chi connectivity index (χ0) is 10.0. The summed E-state index contributed by atoms with van der Waals surface area (Å²) < 4.78 is 13.0. The molecule has 0 aliphatic heterocycles. The molecule has 0 aliphatic rings. The van der Waals surface area contributed by atoms with Crippen LogP contribution in [0.3, 0.4) is 0 Å². The van der Waals surface area contributed by atoms with Crippen LogP contribution in [0.15, 0.2) is 12.1 Å². The molecule has 0 radical (unpaired) electrons. The van der Waals surface area contributed by atoms with Gasteiger partial charge in [-0.2, -0.15) is 4.39 Å². The summed E-state index contributed by atoms with van der Waals surface area (Å²) in [5.74, 6) is -1.20. The highest BCUT2D eigenvalue weighted by atomic mass is 35.5. The number of carbonyl (C=O) groups is 1. The van der Waals surface area contributed by atoms with E-state index in [-0.39, 0.29) is 11.3 Å². The van der Waals surface area contributed by atoms with Gasteiger partial charge < -0.3 is 0 Å². The van der Waals surface area contributed by atoms with E-state index < -0.39 is 22.0 Å². The quantitative estimate of drug-likeness (QED) is 0.421. The number of halogens is 2. The highest BCUT2D eigenvalue weighted by molar-refractivity contribution is 6.33. The molecular weight excluding hydrogens is 201 g/mol. The van der Waals surface area contributed by atoms with Gasteiger partial charge in [-0.1, -0.05) is 11.6 Å². The smallest absolute Gasteiger partial charge is 0.298 e. The highest BCUT2D eigenvalue weighted by Crippen LogP contribution is 2.25. The first-order valence-electron chi connectivity index (χ1n) is 3.15. The van der Waals surface area contributed by atoms with E-state index in [0.29, 0.717) is 0 Å². The largest absolute Gasteiger partial charge is 0.305 e. The zero-order valence-corrected chi connectivity index (χ0v) is 6.92. The summed E-state index contributed by atoms with van der Waals surface area (Å²) >= 11 is 5.41. The summed E-state index contributed by atoms with van der Waals surface area (Å²) in [6.07, 6.45) is 0.144. The van der Waals surface area contributed by atoms with Gasteiger partial charge in [-0.25, -0.2) is 0 Å². The lowest BCUT2D eigenvalue weighted by molar-refractivity contribution is -0.387. The molecule has 0 fully saturated rings.